The first-order valence-electron chi connectivity index (χ1n) is 9.25. The van der Waals surface area contributed by atoms with Gasteiger partial charge in [-0.3, -0.25) is 9.59 Å². The fourth-order valence-corrected chi connectivity index (χ4v) is 3.10. The summed E-state index contributed by atoms with van der Waals surface area (Å²) in [5, 5.41) is 6.25. The molecule has 0 aliphatic carbocycles. The smallest absolute Gasteiger partial charge is 0.279 e. The highest BCUT2D eigenvalue weighted by Crippen LogP contribution is 2.27. The van der Waals surface area contributed by atoms with Gasteiger partial charge in [0.05, 0.1) is 19.3 Å². The van der Waals surface area contributed by atoms with Gasteiger partial charge < -0.3 is 20.3 Å². The zero-order valence-corrected chi connectivity index (χ0v) is 17.2. The molecule has 2 rings (SSSR count). The zero-order chi connectivity index (χ0) is 20.5. The molecule has 0 heterocycles. The van der Waals surface area contributed by atoms with Gasteiger partial charge in [0.15, 0.2) is 13.1 Å². The first-order chi connectivity index (χ1) is 13.4. The van der Waals surface area contributed by atoms with Gasteiger partial charge in [0.1, 0.15) is 5.75 Å². The van der Waals surface area contributed by atoms with Crippen LogP contribution in [0.3, 0.4) is 0 Å². The van der Waals surface area contributed by atoms with E-state index in [1.165, 1.54) is 7.11 Å². The Morgan fingerprint density at radius 3 is 2.29 bits per heavy atom. The lowest BCUT2D eigenvalue weighted by Gasteiger charge is -2.19. The lowest BCUT2D eigenvalue weighted by molar-refractivity contribution is -0.883. The Kier molecular flexibility index (Phi) is 8.29. The highest BCUT2D eigenvalue weighted by Gasteiger charge is 2.19. The minimum absolute atomic E-state index is 0.120. The van der Waals surface area contributed by atoms with Crippen molar-refractivity contribution in [3.8, 4) is 5.75 Å². The summed E-state index contributed by atoms with van der Waals surface area (Å²) in [4.78, 5) is 25.8. The van der Waals surface area contributed by atoms with Gasteiger partial charge in [0.25, 0.3) is 11.8 Å². The lowest BCUT2D eigenvalue weighted by Crippen LogP contribution is -3.14. The second kappa shape index (κ2) is 10.7. The van der Waals surface area contributed by atoms with Crippen LogP contribution in [0.1, 0.15) is 18.9 Å². The number of aryl methyl sites for hydroxylation is 1. The molecule has 6 nitrogen and oxygen atoms in total. The highest BCUT2D eigenvalue weighted by molar-refractivity contribution is 6.31. The van der Waals surface area contributed by atoms with Crippen LogP contribution >= 0.6 is 11.6 Å². The molecule has 2 aromatic carbocycles. The van der Waals surface area contributed by atoms with Crippen LogP contribution in [0.4, 0.5) is 11.4 Å². The Morgan fingerprint density at radius 2 is 1.68 bits per heavy atom. The molecule has 0 aliphatic heterocycles. The van der Waals surface area contributed by atoms with E-state index >= 15 is 0 Å². The number of ether oxygens (including phenoxy) is 1. The van der Waals surface area contributed by atoms with Crippen LogP contribution in [0.15, 0.2) is 42.5 Å². The molecule has 2 aromatic rings. The van der Waals surface area contributed by atoms with Crippen LogP contribution < -0.4 is 20.3 Å². The number of carbonyl (C=O) groups is 2. The van der Waals surface area contributed by atoms with Crippen molar-refractivity contribution in [1.82, 2.24) is 0 Å². The Morgan fingerprint density at radius 1 is 1.04 bits per heavy atom. The first-order valence-corrected chi connectivity index (χ1v) is 9.63. The second-order valence-corrected chi connectivity index (χ2v) is 7.05. The predicted octanol–water partition coefficient (Wildman–Crippen LogP) is 2.53. The van der Waals surface area contributed by atoms with E-state index in [0.29, 0.717) is 23.0 Å². The van der Waals surface area contributed by atoms with Crippen molar-refractivity contribution in [1.29, 1.82) is 0 Å². The van der Waals surface area contributed by atoms with E-state index in [-0.39, 0.29) is 24.9 Å². The van der Waals surface area contributed by atoms with Crippen LogP contribution in [0.2, 0.25) is 5.02 Å². The third-order valence-corrected chi connectivity index (χ3v) is 4.51. The molecule has 0 bridgehead atoms. The van der Waals surface area contributed by atoms with Crippen LogP contribution in [-0.2, 0) is 9.59 Å². The summed E-state index contributed by atoms with van der Waals surface area (Å²) in [5.41, 5.74) is 2.30. The summed E-state index contributed by atoms with van der Waals surface area (Å²) in [7, 11) is 1.53. The fraction of sp³-hybridized carbons (Fsp3) is 0.333. The van der Waals surface area contributed by atoms with E-state index in [0.717, 1.165) is 22.6 Å². The second-order valence-electron chi connectivity index (χ2n) is 6.61. The van der Waals surface area contributed by atoms with Crippen LogP contribution in [0.5, 0.6) is 5.75 Å². The number of rotatable bonds is 9. The normalized spacial score (nSPS) is 11.6. The van der Waals surface area contributed by atoms with Crippen molar-refractivity contribution in [2.45, 2.75) is 20.3 Å². The third-order valence-electron chi connectivity index (χ3n) is 4.28. The zero-order valence-electron chi connectivity index (χ0n) is 16.5. The fourth-order valence-electron chi connectivity index (χ4n) is 2.93. The quantitative estimate of drug-likeness (QED) is 0.601. The number of hydrogen-bond donors (Lipinski definition) is 3. The Bertz CT molecular complexity index is 826. The predicted molar refractivity (Wildman–Crippen MR) is 112 cm³/mol. The number of carbonyl (C=O) groups excluding carboxylic acids is 2. The number of para-hydroxylation sites is 1. The number of methoxy groups -OCH3 is 1. The van der Waals surface area contributed by atoms with E-state index in [1.807, 2.05) is 38.1 Å². The summed E-state index contributed by atoms with van der Waals surface area (Å²) < 4.78 is 5.25. The standard InChI is InChI=1S/C21H26ClN3O3/c1-4-11-25(13-20(26)23-17-8-6-5-7-15(17)2)14-21(27)24-18-12-16(22)9-10-19(18)28-3/h5-10,12H,4,11,13-14H2,1-3H3,(H,23,26)(H,24,27)/p+1. The van der Waals surface area contributed by atoms with Crippen molar-refractivity contribution in [3.63, 3.8) is 0 Å². The topological polar surface area (TPSA) is 71.9 Å². The van der Waals surface area contributed by atoms with Crippen LogP contribution in [-0.4, -0.2) is 38.6 Å². The van der Waals surface area contributed by atoms with Gasteiger partial charge in [-0.05, 0) is 43.2 Å². The SMILES string of the molecule is CCC[NH+](CC(=O)Nc1ccccc1C)CC(=O)Nc1cc(Cl)ccc1OC. The molecule has 7 heteroatoms. The summed E-state index contributed by atoms with van der Waals surface area (Å²) in [6.45, 7) is 5.06. The van der Waals surface area contributed by atoms with E-state index in [2.05, 4.69) is 10.6 Å². The number of hydrogen-bond acceptors (Lipinski definition) is 3. The maximum Gasteiger partial charge on any atom is 0.279 e. The summed E-state index contributed by atoms with van der Waals surface area (Å²) in [5.74, 6) is 0.214. The van der Waals surface area contributed by atoms with Gasteiger partial charge in [-0.15, -0.1) is 0 Å². The molecule has 0 saturated carbocycles. The van der Waals surface area contributed by atoms with Crippen LogP contribution in [0, 0.1) is 6.92 Å². The summed E-state index contributed by atoms with van der Waals surface area (Å²) >= 11 is 6.01. The van der Waals surface area contributed by atoms with Crippen LogP contribution in [0.25, 0.3) is 0 Å². The van der Waals surface area contributed by atoms with Gasteiger partial charge >= 0.3 is 0 Å². The Balaban J connectivity index is 1.98. The molecule has 2 amide bonds. The molecule has 0 aliphatic rings. The molecule has 150 valence electrons. The number of anilines is 2. The minimum Gasteiger partial charge on any atom is -0.495 e. The number of quaternary nitrogens is 1. The molecule has 28 heavy (non-hydrogen) atoms. The molecule has 1 atom stereocenters. The molecule has 1 unspecified atom stereocenters. The average molecular weight is 405 g/mol. The van der Waals surface area contributed by atoms with E-state index in [1.54, 1.807) is 18.2 Å². The Labute approximate surface area is 170 Å². The van der Waals surface area contributed by atoms with Crippen molar-refractivity contribution >= 4 is 34.8 Å². The average Bonchev–Trinajstić information content (AvgIpc) is 2.64. The largest absolute Gasteiger partial charge is 0.495 e. The Hall–Kier alpha value is -2.57. The maximum atomic E-state index is 12.5. The molecular weight excluding hydrogens is 378 g/mol. The number of benzene rings is 2. The van der Waals surface area contributed by atoms with E-state index in [9.17, 15) is 9.59 Å². The molecule has 0 fully saturated rings. The number of halogens is 1. The third kappa shape index (κ3) is 6.55. The molecular formula is C21H27ClN3O3+. The van der Waals surface area contributed by atoms with Gasteiger partial charge in [-0.2, -0.15) is 0 Å². The monoisotopic (exact) mass is 404 g/mol. The molecule has 0 aromatic heterocycles. The summed E-state index contributed by atoms with van der Waals surface area (Å²) in [6.07, 6.45) is 0.862. The molecule has 0 saturated heterocycles. The van der Waals surface area contributed by atoms with Crippen molar-refractivity contribution in [2.24, 2.45) is 0 Å². The number of amides is 2. The number of nitrogens with one attached hydrogen (secondary N) is 3. The van der Waals surface area contributed by atoms with Gasteiger partial charge in [-0.1, -0.05) is 36.7 Å². The summed E-state index contributed by atoms with van der Waals surface area (Å²) in [6, 6.07) is 12.6. The van der Waals surface area contributed by atoms with Gasteiger partial charge in [0, 0.05) is 10.7 Å². The maximum absolute atomic E-state index is 12.5. The first kappa shape index (κ1) is 21.7. The lowest BCUT2D eigenvalue weighted by atomic mass is 10.2. The van der Waals surface area contributed by atoms with E-state index < -0.39 is 0 Å². The van der Waals surface area contributed by atoms with Crippen molar-refractivity contribution in [3.05, 3.63) is 53.1 Å². The van der Waals surface area contributed by atoms with Gasteiger partial charge in [0.2, 0.25) is 0 Å². The molecule has 0 radical (unpaired) electrons. The van der Waals surface area contributed by atoms with E-state index in [4.69, 9.17) is 16.3 Å². The van der Waals surface area contributed by atoms with Crippen molar-refractivity contribution < 1.29 is 19.2 Å². The molecule has 0 spiro atoms. The van der Waals surface area contributed by atoms with Gasteiger partial charge in [-0.25, -0.2) is 0 Å². The molecule has 3 N–H and O–H groups in total. The van der Waals surface area contributed by atoms with Crippen molar-refractivity contribution in [2.75, 3.05) is 37.4 Å². The minimum atomic E-state index is -0.201. The highest BCUT2D eigenvalue weighted by atomic mass is 35.5.